The molecule has 0 N–H and O–H groups in total. The maximum atomic E-state index is 11.6. The molecule has 0 saturated carbocycles. The van der Waals surface area contributed by atoms with Gasteiger partial charge in [0.05, 0.1) is 10.0 Å². The molecule has 0 unspecified atom stereocenters. The van der Waals surface area contributed by atoms with E-state index in [9.17, 15) is 4.79 Å². The topological polar surface area (TPSA) is 26.3 Å². The summed E-state index contributed by atoms with van der Waals surface area (Å²) in [4.78, 5) is 11.6. The number of rotatable bonds is 4. The zero-order chi connectivity index (χ0) is 15.2. The van der Waals surface area contributed by atoms with Gasteiger partial charge in [0.2, 0.25) is 0 Å². The SMILES string of the molecule is O=C(/C=C/c1cccc(Br)c1)OCc1ccc(Cl)c(Cl)c1. The summed E-state index contributed by atoms with van der Waals surface area (Å²) in [6, 6.07) is 12.7. The van der Waals surface area contributed by atoms with Crippen LogP contribution in [0.1, 0.15) is 11.1 Å². The molecule has 21 heavy (non-hydrogen) atoms. The molecule has 2 rings (SSSR count). The first-order chi connectivity index (χ1) is 10.0. The van der Waals surface area contributed by atoms with Crippen LogP contribution in [-0.2, 0) is 16.1 Å². The van der Waals surface area contributed by atoms with Gasteiger partial charge in [0.15, 0.2) is 0 Å². The Balaban J connectivity index is 1.91. The Kier molecular flexibility index (Phi) is 5.85. The molecule has 0 aliphatic carbocycles. The standard InChI is InChI=1S/C16H11BrCl2O2/c17-13-3-1-2-11(8-13)5-7-16(20)21-10-12-4-6-14(18)15(19)9-12/h1-9H,10H2/b7-5+. The highest BCUT2D eigenvalue weighted by atomic mass is 79.9. The quantitative estimate of drug-likeness (QED) is 0.512. The number of ether oxygens (including phenoxy) is 1. The van der Waals surface area contributed by atoms with E-state index in [2.05, 4.69) is 15.9 Å². The van der Waals surface area contributed by atoms with Crippen molar-refractivity contribution in [2.75, 3.05) is 0 Å². The average Bonchev–Trinajstić information content (AvgIpc) is 2.46. The van der Waals surface area contributed by atoms with Gasteiger partial charge in [-0.25, -0.2) is 4.79 Å². The van der Waals surface area contributed by atoms with Crippen molar-refractivity contribution in [3.8, 4) is 0 Å². The summed E-state index contributed by atoms with van der Waals surface area (Å²) in [5.41, 5.74) is 1.70. The van der Waals surface area contributed by atoms with Crippen molar-refractivity contribution in [2.24, 2.45) is 0 Å². The molecule has 2 aromatic carbocycles. The van der Waals surface area contributed by atoms with Gasteiger partial charge in [-0.3, -0.25) is 0 Å². The second kappa shape index (κ2) is 7.64. The van der Waals surface area contributed by atoms with E-state index in [1.807, 2.05) is 24.3 Å². The fourth-order valence-corrected chi connectivity index (χ4v) is 2.34. The van der Waals surface area contributed by atoms with Crippen LogP contribution >= 0.6 is 39.1 Å². The van der Waals surface area contributed by atoms with Gasteiger partial charge < -0.3 is 4.74 Å². The number of halogens is 3. The Hall–Kier alpha value is -1.29. The molecule has 0 heterocycles. The van der Waals surface area contributed by atoms with Crippen LogP contribution in [-0.4, -0.2) is 5.97 Å². The summed E-state index contributed by atoms with van der Waals surface area (Å²) >= 11 is 15.1. The highest BCUT2D eigenvalue weighted by molar-refractivity contribution is 9.10. The maximum Gasteiger partial charge on any atom is 0.331 e. The van der Waals surface area contributed by atoms with Crippen molar-refractivity contribution in [3.63, 3.8) is 0 Å². The van der Waals surface area contributed by atoms with Crippen LogP contribution in [0.5, 0.6) is 0 Å². The molecule has 0 aliphatic heterocycles. The zero-order valence-electron chi connectivity index (χ0n) is 10.9. The van der Waals surface area contributed by atoms with Crippen LogP contribution in [0.3, 0.4) is 0 Å². The first-order valence-corrected chi connectivity index (χ1v) is 7.64. The van der Waals surface area contributed by atoms with E-state index >= 15 is 0 Å². The maximum absolute atomic E-state index is 11.6. The lowest BCUT2D eigenvalue weighted by molar-refractivity contribution is -0.138. The summed E-state index contributed by atoms with van der Waals surface area (Å²) in [6.07, 6.45) is 3.08. The average molecular weight is 386 g/mol. The van der Waals surface area contributed by atoms with E-state index in [1.165, 1.54) is 6.08 Å². The van der Waals surface area contributed by atoms with Gasteiger partial charge in [0.1, 0.15) is 6.61 Å². The number of carbonyl (C=O) groups excluding carboxylic acids is 1. The lowest BCUT2D eigenvalue weighted by atomic mass is 10.2. The van der Waals surface area contributed by atoms with Crippen LogP contribution in [0.2, 0.25) is 10.0 Å². The zero-order valence-corrected chi connectivity index (χ0v) is 14.0. The van der Waals surface area contributed by atoms with Crippen LogP contribution in [0.15, 0.2) is 53.0 Å². The molecule has 0 aromatic heterocycles. The second-order valence-corrected chi connectivity index (χ2v) is 5.97. The Morgan fingerprint density at radius 3 is 2.67 bits per heavy atom. The van der Waals surface area contributed by atoms with Crippen molar-refractivity contribution >= 4 is 51.2 Å². The minimum atomic E-state index is -0.416. The van der Waals surface area contributed by atoms with Crippen molar-refractivity contribution in [1.82, 2.24) is 0 Å². The molecule has 0 amide bonds. The minimum Gasteiger partial charge on any atom is -0.458 e. The molecule has 0 radical (unpaired) electrons. The molecular weight excluding hydrogens is 375 g/mol. The third-order valence-corrected chi connectivity index (χ3v) is 3.86. The van der Waals surface area contributed by atoms with Gasteiger partial charge >= 0.3 is 5.97 Å². The molecular formula is C16H11BrCl2O2. The molecule has 108 valence electrons. The van der Waals surface area contributed by atoms with E-state index in [1.54, 1.807) is 24.3 Å². The Morgan fingerprint density at radius 2 is 1.95 bits per heavy atom. The highest BCUT2D eigenvalue weighted by Crippen LogP contribution is 2.22. The fraction of sp³-hybridized carbons (Fsp3) is 0.0625. The van der Waals surface area contributed by atoms with E-state index in [4.69, 9.17) is 27.9 Å². The Labute approximate surface area is 141 Å². The van der Waals surface area contributed by atoms with E-state index in [-0.39, 0.29) is 6.61 Å². The van der Waals surface area contributed by atoms with Crippen molar-refractivity contribution < 1.29 is 9.53 Å². The molecule has 0 saturated heterocycles. The van der Waals surface area contributed by atoms with Crippen molar-refractivity contribution in [2.45, 2.75) is 6.61 Å². The lowest BCUT2D eigenvalue weighted by Crippen LogP contribution is -2.00. The molecule has 0 aliphatic rings. The number of carbonyl (C=O) groups is 1. The van der Waals surface area contributed by atoms with Gasteiger partial charge in [0.25, 0.3) is 0 Å². The predicted octanol–water partition coefficient (Wildman–Crippen LogP) is 5.51. The van der Waals surface area contributed by atoms with Crippen molar-refractivity contribution in [1.29, 1.82) is 0 Å². The molecule has 2 aromatic rings. The number of benzene rings is 2. The summed E-state index contributed by atoms with van der Waals surface area (Å²) in [5, 5.41) is 0.913. The summed E-state index contributed by atoms with van der Waals surface area (Å²) in [5.74, 6) is -0.416. The first kappa shape index (κ1) is 16.1. The Morgan fingerprint density at radius 1 is 1.14 bits per heavy atom. The number of esters is 1. The molecule has 0 spiro atoms. The van der Waals surface area contributed by atoms with Gasteiger partial charge in [-0.05, 0) is 41.5 Å². The van der Waals surface area contributed by atoms with Crippen molar-refractivity contribution in [3.05, 3.63) is 74.2 Å². The van der Waals surface area contributed by atoms with Crippen LogP contribution in [0, 0.1) is 0 Å². The normalized spacial score (nSPS) is 10.8. The third kappa shape index (κ3) is 5.20. The lowest BCUT2D eigenvalue weighted by Gasteiger charge is -2.03. The smallest absolute Gasteiger partial charge is 0.331 e. The van der Waals surface area contributed by atoms with Crippen LogP contribution in [0.4, 0.5) is 0 Å². The van der Waals surface area contributed by atoms with Gasteiger partial charge in [-0.1, -0.05) is 57.3 Å². The van der Waals surface area contributed by atoms with E-state index in [0.717, 1.165) is 15.6 Å². The van der Waals surface area contributed by atoms with E-state index in [0.29, 0.717) is 10.0 Å². The number of hydrogen-bond donors (Lipinski definition) is 0. The molecule has 2 nitrogen and oxygen atoms in total. The van der Waals surface area contributed by atoms with Crippen LogP contribution < -0.4 is 0 Å². The fourth-order valence-electron chi connectivity index (χ4n) is 1.61. The summed E-state index contributed by atoms with van der Waals surface area (Å²) in [7, 11) is 0. The van der Waals surface area contributed by atoms with Crippen LogP contribution in [0.25, 0.3) is 6.08 Å². The summed E-state index contributed by atoms with van der Waals surface area (Å²) < 4.78 is 6.09. The molecule has 0 fully saturated rings. The predicted molar refractivity (Wildman–Crippen MR) is 89.4 cm³/mol. The Bertz CT molecular complexity index is 684. The number of hydrogen-bond acceptors (Lipinski definition) is 2. The monoisotopic (exact) mass is 384 g/mol. The third-order valence-electron chi connectivity index (χ3n) is 2.63. The first-order valence-electron chi connectivity index (χ1n) is 6.09. The summed E-state index contributed by atoms with van der Waals surface area (Å²) in [6.45, 7) is 0.151. The van der Waals surface area contributed by atoms with E-state index < -0.39 is 5.97 Å². The van der Waals surface area contributed by atoms with Gasteiger partial charge in [-0.2, -0.15) is 0 Å². The molecule has 0 bridgehead atoms. The van der Waals surface area contributed by atoms with Gasteiger partial charge in [-0.15, -0.1) is 0 Å². The second-order valence-electron chi connectivity index (χ2n) is 4.24. The largest absolute Gasteiger partial charge is 0.458 e. The molecule has 5 heteroatoms. The molecule has 0 atom stereocenters. The highest BCUT2D eigenvalue weighted by Gasteiger charge is 2.02. The minimum absolute atomic E-state index is 0.151. The van der Waals surface area contributed by atoms with Gasteiger partial charge in [0, 0.05) is 10.5 Å².